The van der Waals surface area contributed by atoms with E-state index in [9.17, 15) is 4.79 Å². The molecular formula is C9H13N3O. The summed E-state index contributed by atoms with van der Waals surface area (Å²) in [5.41, 5.74) is 1.30. The van der Waals surface area contributed by atoms with Crippen LogP contribution in [0.4, 0.5) is 0 Å². The number of hydrogen-bond acceptors (Lipinski definition) is 3. The lowest BCUT2D eigenvalue weighted by Crippen LogP contribution is -2.27. The van der Waals surface area contributed by atoms with Crippen molar-refractivity contribution in [2.24, 2.45) is 0 Å². The van der Waals surface area contributed by atoms with Crippen LogP contribution in [0.5, 0.6) is 0 Å². The van der Waals surface area contributed by atoms with Gasteiger partial charge in [-0.05, 0) is 19.9 Å². The highest BCUT2D eigenvalue weighted by Crippen LogP contribution is 2.05. The van der Waals surface area contributed by atoms with Crippen LogP contribution in [0.3, 0.4) is 0 Å². The van der Waals surface area contributed by atoms with Crippen molar-refractivity contribution in [2.45, 2.75) is 13.8 Å². The van der Waals surface area contributed by atoms with Gasteiger partial charge in [-0.1, -0.05) is 0 Å². The van der Waals surface area contributed by atoms with E-state index in [4.69, 9.17) is 0 Å². The Morgan fingerprint density at radius 3 is 2.85 bits per heavy atom. The van der Waals surface area contributed by atoms with Crippen LogP contribution in [0.25, 0.3) is 0 Å². The molecule has 0 unspecified atom stereocenters. The molecule has 1 aromatic heterocycles. The molecule has 0 fully saturated rings. The summed E-state index contributed by atoms with van der Waals surface area (Å²) in [4.78, 5) is 13.3. The first-order valence-corrected chi connectivity index (χ1v) is 4.20. The summed E-state index contributed by atoms with van der Waals surface area (Å²) in [6.07, 6.45) is 1.53. The van der Waals surface area contributed by atoms with E-state index in [1.807, 2.05) is 6.92 Å². The van der Waals surface area contributed by atoms with Crippen molar-refractivity contribution in [3.05, 3.63) is 23.5 Å². The quantitative estimate of drug-likeness (QED) is 0.677. The second-order valence-electron chi connectivity index (χ2n) is 2.85. The molecule has 0 aromatic carbocycles. The Kier molecular flexibility index (Phi) is 2.95. The van der Waals surface area contributed by atoms with E-state index in [-0.39, 0.29) is 5.91 Å². The van der Waals surface area contributed by atoms with Gasteiger partial charge in [0.15, 0.2) is 0 Å². The third-order valence-corrected chi connectivity index (χ3v) is 1.96. The summed E-state index contributed by atoms with van der Waals surface area (Å²) in [6, 6.07) is 1.69. The van der Waals surface area contributed by atoms with Gasteiger partial charge in [-0.2, -0.15) is 10.2 Å². The third-order valence-electron chi connectivity index (χ3n) is 1.96. The highest BCUT2D eigenvalue weighted by Gasteiger charge is 2.12. The Bertz CT molecular complexity index is 311. The van der Waals surface area contributed by atoms with Crippen LogP contribution in [-0.4, -0.2) is 34.6 Å². The lowest BCUT2D eigenvalue weighted by atomic mass is 10.2. The van der Waals surface area contributed by atoms with Crippen LogP contribution in [0.15, 0.2) is 12.3 Å². The Morgan fingerprint density at radius 2 is 2.31 bits per heavy atom. The number of nitrogens with zero attached hydrogens (tertiary/aromatic N) is 3. The molecule has 0 aliphatic heterocycles. The molecule has 0 aliphatic rings. The van der Waals surface area contributed by atoms with Crippen molar-refractivity contribution in [1.29, 1.82) is 0 Å². The molecule has 0 aliphatic carbocycles. The summed E-state index contributed by atoms with van der Waals surface area (Å²) in [5.74, 6) is -0.00472. The summed E-state index contributed by atoms with van der Waals surface area (Å²) >= 11 is 0. The predicted molar refractivity (Wildman–Crippen MR) is 49.4 cm³/mol. The summed E-state index contributed by atoms with van der Waals surface area (Å²) in [7, 11) is 1.77. The molecule has 0 bridgehead atoms. The molecule has 4 nitrogen and oxygen atoms in total. The van der Waals surface area contributed by atoms with Crippen molar-refractivity contribution < 1.29 is 4.79 Å². The number of rotatable bonds is 2. The van der Waals surface area contributed by atoms with Crippen LogP contribution >= 0.6 is 0 Å². The number of aryl methyl sites for hydroxylation is 1. The first-order chi connectivity index (χ1) is 6.16. The standard InChI is InChI=1S/C9H13N3O/c1-4-12(3)9(13)8-5-6-10-11-7(8)2/h5-6H,4H2,1-3H3. The van der Waals surface area contributed by atoms with E-state index in [1.165, 1.54) is 6.20 Å². The average Bonchev–Trinajstić information content (AvgIpc) is 2.16. The molecule has 1 rings (SSSR count). The number of carbonyl (C=O) groups excluding carboxylic acids is 1. The van der Waals surface area contributed by atoms with Gasteiger partial charge in [0.05, 0.1) is 17.5 Å². The van der Waals surface area contributed by atoms with Crippen LogP contribution < -0.4 is 0 Å². The summed E-state index contributed by atoms with van der Waals surface area (Å²) in [5, 5.41) is 7.51. The van der Waals surface area contributed by atoms with Crippen molar-refractivity contribution in [2.75, 3.05) is 13.6 Å². The topological polar surface area (TPSA) is 46.1 Å². The van der Waals surface area contributed by atoms with E-state index in [1.54, 1.807) is 24.9 Å². The van der Waals surface area contributed by atoms with E-state index in [0.717, 1.165) is 0 Å². The van der Waals surface area contributed by atoms with E-state index in [0.29, 0.717) is 17.8 Å². The first kappa shape index (κ1) is 9.64. The third kappa shape index (κ3) is 2.02. The van der Waals surface area contributed by atoms with Crippen molar-refractivity contribution >= 4 is 5.91 Å². The maximum absolute atomic E-state index is 11.7. The second-order valence-corrected chi connectivity index (χ2v) is 2.85. The summed E-state index contributed by atoms with van der Waals surface area (Å²) in [6.45, 7) is 4.41. The smallest absolute Gasteiger partial charge is 0.255 e. The Balaban J connectivity index is 2.95. The van der Waals surface area contributed by atoms with Gasteiger partial charge in [-0.3, -0.25) is 4.79 Å². The van der Waals surface area contributed by atoms with Gasteiger partial charge in [-0.25, -0.2) is 0 Å². The van der Waals surface area contributed by atoms with Crippen molar-refractivity contribution in [3.8, 4) is 0 Å². The number of amides is 1. The largest absolute Gasteiger partial charge is 0.342 e. The fourth-order valence-corrected chi connectivity index (χ4v) is 0.978. The maximum Gasteiger partial charge on any atom is 0.255 e. The van der Waals surface area contributed by atoms with Gasteiger partial charge in [-0.15, -0.1) is 0 Å². The zero-order valence-corrected chi connectivity index (χ0v) is 8.11. The first-order valence-electron chi connectivity index (χ1n) is 4.20. The molecule has 1 amide bonds. The van der Waals surface area contributed by atoms with E-state index in [2.05, 4.69) is 10.2 Å². The molecule has 0 atom stereocenters. The van der Waals surface area contributed by atoms with Gasteiger partial charge in [0, 0.05) is 13.6 Å². The molecular weight excluding hydrogens is 166 g/mol. The average molecular weight is 179 g/mol. The Morgan fingerprint density at radius 1 is 1.62 bits per heavy atom. The fraction of sp³-hybridized carbons (Fsp3) is 0.444. The molecule has 1 heterocycles. The minimum absolute atomic E-state index is 0.00472. The Labute approximate surface area is 77.6 Å². The number of carbonyl (C=O) groups is 1. The molecule has 70 valence electrons. The van der Waals surface area contributed by atoms with E-state index < -0.39 is 0 Å². The molecule has 1 aromatic rings. The van der Waals surface area contributed by atoms with Crippen molar-refractivity contribution in [1.82, 2.24) is 15.1 Å². The SMILES string of the molecule is CCN(C)C(=O)c1ccnnc1C. The highest BCUT2D eigenvalue weighted by atomic mass is 16.2. The molecule has 0 spiro atoms. The van der Waals surface area contributed by atoms with E-state index >= 15 is 0 Å². The van der Waals surface area contributed by atoms with Gasteiger partial charge < -0.3 is 4.90 Å². The van der Waals surface area contributed by atoms with Crippen LogP contribution in [0.2, 0.25) is 0 Å². The van der Waals surface area contributed by atoms with Gasteiger partial charge in [0.1, 0.15) is 0 Å². The summed E-state index contributed by atoms with van der Waals surface area (Å²) < 4.78 is 0. The zero-order valence-electron chi connectivity index (χ0n) is 8.11. The maximum atomic E-state index is 11.7. The number of hydrogen-bond donors (Lipinski definition) is 0. The minimum Gasteiger partial charge on any atom is -0.342 e. The molecule has 4 heteroatoms. The lowest BCUT2D eigenvalue weighted by molar-refractivity contribution is 0.0801. The van der Waals surface area contributed by atoms with Crippen LogP contribution in [-0.2, 0) is 0 Å². The lowest BCUT2D eigenvalue weighted by Gasteiger charge is -2.14. The molecule has 0 radical (unpaired) electrons. The number of aromatic nitrogens is 2. The fourth-order valence-electron chi connectivity index (χ4n) is 0.978. The van der Waals surface area contributed by atoms with Crippen LogP contribution in [0, 0.1) is 6.92 Å². The molecule has 13 heavy (non-hydrogen) atoms. The zero-order chi connectivity index (χ0) is 9.84. The van der Waals surface area contributed by atoms with Crippen molar-refractivity contribution in [3.63, 3.8) is 0 Å². The molecule has 0 saturated carbocycles. The molecule has 0 saturated heterocycles. The monoisotopic (exact) mass is 179 g/mol. The van der Waals surface area contributed by atoms with Gasteiger partial charge in [0.2, 0.25) is 0 Å². The molecule has 0 N–H and O–H groups in total. The second kappa shape index (κ2) is 3.98. The Hall–Kier alpha value is -1.45. The van der Waals surface area contributed by atoms with Gasteiger partial charge >= 0.3 is 0 Å². The van der Waals surface area contributed by atoms with Crippen LogP contribution in [0.1, 0.15) is 23.0 Å². The minimum atomic E-state index is -0.00472. The normalized spacial score (nSPS) is 9.77. The highest BCUT2D eigenvalue weighted by molar-refractivity contribution is 5.94. The predicted octanol–water partition coefficient (Wildman–Crippen LogP) is 0.877. The van der Waals surface area contributed by atoms with Gasteiger partial charge in [0.25, 0.3) is 5.91 Å².